The summed E-state index contributed by atoms with van der Waals surface area (Å²) in [6.07, 6.45) is 0.370. The molecular weight excluding hydrogens is 450 g/mol. The fourth-order valence-corrected chi connectivity index (χ4v) is 4.14. The number of nitrogens with zero attached hydrogens (tertiary/aromatic N) is 3. The number of benzene rings is 1. The van der Waals surface area contributed by atoms with Gasteiger partial charge < -0.3 is 29.2 Å². The molecule has 0 bridgehead atoms. The summed E-state index contributed by atoms with van der Waals surface area (Å²) in [4.78, 5) is 29.3. The first-order chi connectivity index (χ1) is 16.2. The maximum atomic E-state index is 15.4. The van der Waals surface area contributed by atoms with Gasteiger partial charge in [-0.2, -0.15) is 0 Å². The molecule has 9 nitrogen and oxygen atoms in total. The SMILES string of the molecule is CNC(=O)c1cc(F)c(-c2nc3cc(C)ccn3c2C[C@H]2CN(C(=O)O)CCO2)c(OC)c1F. The highest BCUT2D eigenvalue weighted by Crippen LogP contribution is 2.39. The minimum absolute atomic E-state index is 0.122. The van der Waals surface area contributed by atoms with E-state index in [-0.39, 0.29) is 37.4 Å². The van der Waals surface area contributed by atoms with Gasteiger partial charge in [-0.1, -0.05) is 0 Å². The normalized spacial score (nSPS) is 16.0. The van der Waals surface area contributed by atoms with Crippen molar-refractivity contribution in [3.8, 4) is 17.0 Å². The number of halogens is 2. The van der Waals surface area contributed by atoms with Crippen LogP contribution in [-0.4, -0.2) is 71.3 Å². The van der Waals surface area contributed by atoms with Gasteiger partial charge in [-0.3, -0.25) is 4.79 Å². The Kier molecular flexibility index (Phi) is 6.38. The average Bonchev–Trinajstić information content (AvgIpc) is 3.16. The van der Waals surface area contributed by atoms with E-state index < -0.39 is 41.1 Å². The maximum absolute atomic E-state index is 15.4. The number of carbonyl (C=O) groups is 2. The zero-order chi connectivity index (χ0) is 24.6. The summed E-state index contributed by atoms with van der Waals surface area (Å²) >= 11 is 0. The lowest BCUT2D eigenvalue weighted by molar-refractivity contribution is -0.0214. The molecule has 1 aromatic carbocycles. The van der Waals surface area contributed by atoms with Gasteiger partial charge in [0, 0.05) is 26.2 Å². The number of aryl methyl sites for hydroxylation is 1. The number of morpholine rings is 1. The van der Waals surface area contributed by atoms with Crippen LogP contribution in [0.15, 0.2) is 24.4 Å². The quantitative estimate of drug-likeness (QED) is 0.589. The highest BCUT2D eigenvalue weighted by atomic mass is 19.1. The molecule has 1 aliphatic rings. The van der Waals surface area contributed by atoms with Crippen LogP contribution in [0.25, 0.3) is 16.9 Å². The Labute approximate surface area is 193 Å². The van der Waals surface area contributed by atoms with Crippen LogP contribution in [0.2, 0.25) is 0 Å². The van der Waals surface area contributed by atoms with Gasteiger partial charge >= 0.3 is 6.09 Å². The standard InChI is InChI=1S/C23H24F2N4O5/c1-12-4-5-29-16(9-13-11-28(23(31)32)6-7-34-13)20(27-17(29)8-12)18-15(24)10-14(22(30)26-2)19(25)21(18)33-3/h4-5,8,10,13H,6-7,9,11H2,1-3H3,(H,26,30)(H,31,32)/t13-/m0/s1. The van der Waals surface area contributed by atoms with E-state index in [0.29, 0.717) is 11.3 Å². The first-order valence-electron chi connectivity index (χ1n) is 10.6. The number of imidazole rings is 1. The molecule has 0 saturated carbocycles. The Morgan fingerprint density at radius 1 is 1.35 bits per heavy atom. The van der Waals surface area contributed by atoms with Crippen molar-refractivity contribution >= 4 is 17.6 Å². The van der Waals surface area contributed by atoms with E-state index in [9.17, 15) is 14.7 Å². The fourth-order valence-electron chi connectivity index (χ4n) is 4.14. The molecule has 4 rings (SSSR count). The summed E-state index contributed by atoms with van der Waals surface area (Å²) in [5, 5.41) is 11.6. The largest absolute Gasteiger partial charge is 0.493 e. The number of carbonyl (C=O) groups excluding carboxylic acids is 1. The van der Waals surface area contributed by atoms with Crippen LogP contribution < -0.4 is 10.1 Å². The van der Waals surface area contributed by atoms with Gasteiger partial charge in [-0.05, 0) is 30.7 Å². The number of fused-ring (bicyclic) bond motifs is 1. The molecule has 0 aliphatic carbocycles. The molecule has 2 aromatic heterocycles. The van der Waals surface area contributed by atoms with Crippen molar-refractivity contribution in [3.05, 3.63) is 52.9 Å². The smallest absolute Gasteiger partial charge is 0.407 e. The van der Waals surface area contributed by atoms with E-state index in [1.165, 1.54) is 19.1 Å². The molecule has 1 aliphatic heterocycles. The zero-order valence-corrected chi connectivity index (χ0v) is 18.9. The van der Waals surface area contributed by atoms with E-state index in [0.717, 1.165) is 11.6 Å². The van der Waals surface area contributed by atoms with Crippen LogP contribution >= 0.6 is 0 Å². The van der Waals surface area contributed by atoms with E-state index in [1.54, 1.807) is 16.7 Å². The summed E-state index contributed by atoms with van der Waals surface area (Å²) < 4.78 is 43.3. The van der Waals surface area contributed by atoms with Crippen molar-refractivity contribution < 1.29 is 33.0 Å². The van der Waals surface area contributed by atoms with E-state index in [4.69, 9.17) is 9.47 Å². The van der Waals surface area contributed by atoms with E-state index in [2.05, 4.69) is 10.3 Å². The number of aromatic nitrogens is 2. The van der Waals surface area contributed by atoms with Crippen LogP contribution in [-0.2, 0) is 11.2 Å². The van der Waals surface area contributed by atoms with Crippen LogP contribution in [0.5, 0.6) is 5.75 Å². The molecule has 1 saturated heterocycles. The summed E-state index contributed by atoms with van der Waals surface area (Å²) in [7, 11) is 2.50. The number of nitrogens with one attached hydrogen (secondary N) is 1. The second-order valence-electron chi connectivity index (χ2n) is 7.97. The van der Waals surface area contributed by atoms with Gasteiger partial charge in [-0.25, -0.2) is 18.6 Å². The van der Waals surface area contributed by atoms with Crippen molar-refractivity contribution in [1.29, 1.82) is 0 Å². The highest BCUT2D eigenvalue weighted by molar-refractivity contribution is 5.96. The summed E-state index contributed by atoms with van der Waals surface area (Å²) in [5.74, 6) is -3.13. The second-order valence-corrected chi connectivity index (χ2v) is 7.97. The third-order valence-electron chi connectivity index (χ3n) is 5.80. The lowest BCUT2D eigenvalue weighted by Crippen LogP contribution is -2.45. The molecule has 1 fully saturated rings. The van der Waals surface area contributed by atoms with Crippen molar-refractivity contribution in [2.75, 3.05) is 33.9 Å². The minimum atomic E-state index is -1.05. The average molecular weight is 474 g/mol. The molecule has 11 heteroatoms. The van der Waals surface area contributed by atoms with Gasteiger partial charge in [0.05, 0.1) is 48.9 Å². The van der Waals surface area contributed by atoms with Crippen molar-refractivity contribution in [3.63, 3.8) is 0 Å². The van der Waals surface area contributed by atoms with Gasteiger partial charge in [0.25, 0.3) is 5.91 Å². The number of ether oxygens (including phenoxy) is 2. The number of hydrogen-bond donors (Lipinski definition) is 2. The lowest BCUT2D eigenvalue weighted by atomic mass is 10.0. The van der Waals surface area contributed by atoms with Crippen LogP contribution in [0, 0.1) is 18.6 Å². The first-order valence-corrected chi connectivity index (χ1v) is 10.6. The third kappa shape index (κ3) is 4.14. The van der Waals surface area contributed by atoms with Gasteiger partial charge in [0.1, 0.15) is 11.5 Å². The number of carboxylic acid groups (broad SMARTS) is 1. The summed E-state index contributed by atoms with van der Waals surface area (Å²) in [6, 6.07) is 4.45. The number of amides is 2. The Morgan fingerprint density at radius 3 is 2.79 bits per heavy atom. The van der Waals surface area contributed by atoms with Crippen molar-refractivity contribution in [2.45, 2.75) is 19.4 Å². The molecule has 180 valence electrons. The van der Waals surface area contributed by atoms with Crippen LogP contribution in [0.3, 0.4) is 0 Å². The zero-order valence-electron chi connectivity index (χ0n) is 18.9. The molecule has 3 aromatic rings. The van der Waals surface area contributed by atoms with Gasteiger partial charge in [0.15, 0.2) is 11.6 Å². The molecule has 0 unspecified atom stereocenters. The van der Waals surface area contributed by atoms with Crippen molar-refractivity contribution in [2.24, 2.45) is 0 Å². The molecule has 34 heavy (non-hydrogen) atoms. The maximum Gasteiger partial charge on any atom is 0.407 e. The first kappa shape index (κ1) is 23.4. The third-order valence-corrected chi connectivity index (χ3v) is 5.80. The molecule has 2 amide bonds. The predicted octanol–water partition coefficient (Wildman–Crippen LogP) is 2.88. The second kappa shape index (κ2) is 9.26. The van der Waals surface area contributed by atoms with Crippen molar-refractivity contribution in [1.82, 2.24) is 19.6 Å². The number of methoxy groups -OCH3 is 1. The predicted molar refractivity (Wildman–Crippen MR) is 118 cm³/mol. The monoisotopic (exact) mass is 474 g/mol. The van der Waals surface area contributed by atoms with Crippen LogP contribution in [0.4, 0.5) is 13.6 Å². The Morgan fingerprint density at radius 2 is 2.12 bits per heavy atom. The molecule has 3 heterocycles. The highest BCUT2D eigenvalue weighted by Gasteiger charge is 2.31. The number of rotatable bonds is 5. The molecule has 0 radical (unpaired) electrons. The Balaban J connectivity index is 1.89. The topological polar surface area (TPSA) is 105 Å². The summed E-state index contributed by atoms with van der Waals surface area (Å²) in [6.45, 7) is 2.47. The number of hydrogen-bond acceptors (Lipinski definition) is 5. The lowest BCUT2D eigenvalue weighted by Gasteiger charge is -2.31. The fraction of sp³-hybridized carbons (Fsp3) is 0.348. The summed E-state index contributed by atoms with van der Waals surface area (Å²) in [5.41, 5.74) is 1.31. The molecular formula is C23H24F2N4O5. The molecule has 2 N–H and O–H groups in total. The number of pyridine rings is 1. The molecule has 0 spiro atoms. The van der Waals surface area contributed by atoms with Gasteiger partial charge in [-0.15, -0.1) is 0 Å². The van der Waals surface area contributed by atoms with E-state index >= 15 is 8.78 Å². The van der Waals surface area contributed by atoms with Crippen LogP contribution in [0.1, 0.15) is 21.6 Å². The van der Waals surface area contributed by atoms with E-state index in [1.807, 2.05) is 13.0 Å². The Hall–Kier alpha value is -3.73. The molecule has 1 atom stereocenters. The van der Waals surface area contributed by atoms with Gasteiger partial charge in [0.2, 0.25) is 0 Å². The Bertz CT molecular complexity index is 1280. The minimum Gasteiger partial charge on any atom is -0.493 e.